The number of nitrogens with one attached hydrogen (secondary N) is 1. The van der Waals surface area contributed by atoms with Crippen molar-refractivity contribution in [1.29, 1.82) is 0 Å². The molecule has 7 nitrogen and oxygen atoms in total. The van der Waals surface area contributed by atoms with Crippen molar-refractivity contribution in [3.8, 4) is 5.75 Å². The van der Waals surface area contributed by atoms with Gasteiger partial charge in [0.25, 0.3) is 0 Å². The smallest absolute Gasteiger partial charge is 0.244 e. The molecule has 1 amide bonds. The van der Waals surface area contributed by atoms with Gasteiger partial charge in [0.2, 0.25) is 11.3 Å². The Balaban J connectivity index is 1.75. The van der Waals surface area contributed by atoms with Gasteiger partial charge < -0.3 is 14.6 Å². The summed E-state index contributed by atoms with van der Waals surface area (Å²) in [5.41, 5.74) is 2.24. The van der Waals surface area contributed by atoms with E-state index in [4.69, 9.17) is 16.3 Å². The Morgan fingerprint density at radius 2 is 1.88 bits per heavy atom. The molecule has 172 valence electrons. The predicted molar refractivity (Wildman–Crippen MR) is 132 cm³/mol. The average Bonchev–Trinajstić information content (AvgIpc) is 2.82. The second-order valence-corrected chi connectivity index (χ2v) is 8.30. The second kappa shape index (κ2) is 9.49. The molecule has 4 rings (SSSR count). The van der Waals surface area contributed by atoms with Crippen molar-refractivity contribution >= 4 is 40.0 Å². The Hall–Kier alpha value is -3.97. The molecule has 0 saturated heterocycles. The summed E-state index contributed by atoms with van der Waals surface area (Å²) in [6.45, 7) is 3.50. The number of hydrogen-bond acceptors (Lipinski definition) is 5. The zero-order chi connectivity index (χ0) is 24.4. The highest BCUT2D eigenvalue weighted by atomic mass is 35.5. The first kappa shape index (κ1) is 23.2. The first-order chi connectivity index (χ1) is 16.3. The third kappa shape index (κ3) is 4.70. The van der Waals surface area contributed by atoms with E-state index >= 15 is 0 Å². The van der Waals surface area contributed by atoms with E-state index in [1.54, 1.807) is 55.5 Å². The van der Waals surface area contributed by atoms with E-state index in [1.807, 2.05) is 13.0 Å². The van der Waals surface area contributed by atoms with Crippen LogP contribution >= 0.6 is 11.6 Å². The number of ketones is 1. The minimum absolute atomic E-state index is 0.0578. The maximum absolute atomic E-state index is 13.2. The SMILES string of the molecule is COc1cccc(C(=O)c2cn(CC(=O)Nc3ccc(C)c(Cl)c3)c3nc(C)ccc3c2=O)c1. The minimum atomic E-state index is -0.467. The number of hydrogen-bond donors (Lipinski definition) is 1. The van der Waals surface area contributed by atoms with Crippen LogP contribution in [0.15, 0.2) is 65.6 Å². The first-order valence-corrected chi connectivity index (χ1v) is 10.9. The molecule has 0 radical (unpaired) electrons. The zero-order valence-electron chi connectivity index (χ0n) is 18.9. The van der Waals surface area contributed by atoms with Crippen LogP contribution in [0.5, 0.6) is 5.75 Å². The fraction of sp³-hybridized carbons (Fsp3) is 0.154. The molecule has 0 fully saturated rings. The van der Waals surface area contributed by atoms with Crippen molar-refractivity contribution in [2.45, 2.75) is 20.4 Å². The van der Waals surface area contributed by atoms with Gasteiger partial charge in [0, 0.05) is 28.2 Å². The van der Waals surface area contributed by atoms with Crippen LogP contribution in [0.1, 0.15) is 27.2 Å². The van der Waals surface area contributed by atoms with E-state index < -0.39 is 11.2 Å². The number of benzene rings is 2. The number of anilines is 1. The molecule has 8 heteroatoms. The summed E-state index contributed by atoms with van der Waals surface area (Å²) in [5.74, 6) is -0.320. The molecule has 0 spiro atoms. The third-order valence-corrected chi connectivity index (χ3v) is 5.81. The number of halogens is 1. The van der Waals surface area contributed by atoms with Gasteiger partial charge in [-0.15, -0.1) is 0 Å². The molecule has 0 atom stereocenters. The normalized spacial score (nSPS) is 10.8. The summed E-state index contributed by atoms with van der Waals surface area (Å²) < 4.78 is 6.71. The van der Waals surface area contributed by atoms with Gasteiger partial charge in [0.1, 0.15) is 17.9 Å². The summed E-state index contributed by atoms with van der Waals surface area (Å²) in [7, 11) is 1.50. The van der Waals surface area contributed by atoms with Crippen LogP contribution in [0.25, 0.3) is 11.0 Å². The van der Waals surface area contributed by atoms with E-state index in [0.29, 0.717) is 33.4 Å². The van der Waals surface area contributed by atoms with Crippen molar-refractivity contribution in [3.63, 3.8) is 0 Å². The monoisotopic (exact) mass is 475 g/mol. The lowest BCUT2D eigenvalue weighted by molar-refractivity contribution is -0.116. The van der Waals surface area contributed by atoms with Crippen molar-refractivity contribution < 1.29 is 14.3 Å². The number of ether oxygens (including phenoxy) is 1. The van der Waals surface area contributed by atoms with E-state index in [9.17, 15) is 14.4 Å². The second-order valence-electron chi connectivity index (χ2n) is 7.90. The molecule has 4 aromatic rings. The summed E-state index contributed by atoms with van der Waals surface area (Å²) in [4.78, 5) is 43.7. The molecule has 2 aromatic heterocycles. The highest BCUT2D eigenvalue weighted by Crippen LogP contribution is 2.21. The van der Waals surface area contributed by atoms with E-state index in [1.165, 1.54) is 17.9 Å². The average molecular weight is 476 g/mol. The number of pyridine rings is 2. The number of amides is 1. The van der Waals surface area contributed by atoms with Crippen LogP contribution in [-0.4, -0.2) is 28.4 Å². The lowest BCUT2D eigenvalue weighted by Gasteiger charge is -2.14. The molecule has 0 aliphatic carbocycles. The number of fused-ring (bicyclic) bond motifs is 1. The van der Waals surface area contributed by atoms with Crippen molar-refractivity contribution in [3.05, 3.63) is 98.4 Å². The molecule has 2 heterocycles. The molecule has 0 aliphatic rings. The number of aromatic nitrogens is 2. The molecule has 2 aromatic carbocycles. The van der Waals surface area contributed by atoms with E-state index in [-0.39, 0.29) is 23.4 Å². The summed E-state index contributed by atoms with van der Waals surface area (Å²) >= 11 is 6.16. The number of rotatable bonds is 6. The van der Waals surface area contributed by atoms with Gasteiger partial charge in [-0.2, -0.15) is 0 Å². The first-order valence-electron chi connectivity index (χ1n) is 10.5. The van der Waals surface area contributed by atoms with Gasteiger partial charge in [-0.25, -0.2) is 4.98 Å². The number of carbonyl (C=O) groups excluding carboxylic acids is 2. The maximum Gasteiger partial charge on any atom is 0.244 e. The minimum Gasteiger partial charge on any atom is -0.497 e. The Kier molecular flexibility index (Phi) is 6.47. The van der Waals surface area contributed by atoms with Crippen LogP contribution < -0.4 is 15.5 Å². The van der Waals surface area contributed by atoms with Crippen LogP contribution in [-0.2, 0) is 11.3 Å². The highest BCUT2D eigenvalue weighted by Gasteiger charge is 2.19. The lowest BCUT2D eigenvalue weighted by Crippen LogP contribution is -2.25. The molecule has 0 saturated carbocycles. The van der Waals surface area contributed by atoms with Gasteiger partial charge in [-0.3, -0.25) is 14.4 Å². The molecule has 1 N–H and O–H groups in total. The van der Waals surface area contributed by atoms with Gasteiger partial charge in [-0.05, 0) is 55.8 Å². The Labute approximate surface area is 201 Å². The summed E-state index contributed by atoms with van der Waals surface area (Å²) in [6, 6.07) is 15.1. The molecule has 34 heavy (non-hydrogen) atoms. The van der Waals surface area contributed by atoms with Crippen molar-refractivity contribution in [2.24, 2.45) is 0 Å². The molecular weight excluding hydrogens is 454 g/mol. The van der Waals surface area contributed by atoms with Gasteiger partial charge in [0.05, 0.1) is 18.1 Å². The van der Waals surface area contributed by atoms with Crippen LogP contribution in [0.3, 0.4) is 0 Å². The lowest BCUT2D eigenvalue weighted by atomic mass is 10.0. The molecule has 0 aliphatic heterocycles. The number of nitrogens with zero attached hydrogens (tertiary/aromatic N) is 2. The maximum atomic E-state index is 13.2. The van der Waals surface area contributed by atoms with Crippen LogP contribution in [0.4, 0.5) is 5.69 Å². The fourth-order valence-corrected chi connectivity index (χ4v) is 3.77. The number of carbonyl (C=O) groups is 2. The zero-order valence-corrected chi connectivity index (χ0v) is 19.6. The Morgan fingerprint density at radius 1 is 1.09 bits per heavy atom. The van der Waals surface area contributed by atoms with Crippen molar-refractivity contribution in [2.75, 3.05) is 12.4 Å². The van der Waals surface area contributed by atoms with Crippen LogP contribution in [0.2, 0.25) is 5.02 Å². The summed E-state index contributed by atoms with van der Waals surface area (Å²) in [6.07, 6.45) is 1.39. The fourth-order valence-electron chi connectivity index (χ4n) is 3.59. The van der Waals surface area contributed by atoms with Gasteiger partial charge in [0.15, 0.2) is 5.78 Å². The summed E-state index contributed by atoms with van der Waals surface area (Å²) in [5, 5.41) is 3.59. The largest absolute Gasteiger partial charge is 0.497 e. The quantitative estimate of drug-likeness (QED) is 0.413. The molecule has 0 unspecified atom stereocenters. The Morgan fingerprint density at radius 3 is 2.62 bits per heavy atom. The molecular formula is C26H22ClN3O4. The van der Waals surface area contributed by atoms with Crippen LogP contribution in [0, 0.1) is 13.8 Å². The number of aryl methyl sites for hydroxylation is 2. The van der Waals surface area contributed by atoms with E-state index in [2.05, 4.69) is 10.3 Å². The standard InChI is InChI=1S/C26H22ClN3O4/c1-15-7-9-18(12-22(15)27)29-23(31)14-30-13-21(24(32)17-5-4-6-19(11-17)34-3)25(33)20-10-8-16(2)28-26(20)30/h4-13H,14H2,1-3H3,(H,29,31). The highest BCUT2D eigenvalue weighted by molar-refractivity contribution is 6.31. The molecule has 0 bridgehead atoms. The van der Waals surface area contributed by atoms with E-state index in [0.717, 1.165) is 5.56 Å². The van der Waals surface area contributed by atoms with Gasteiger partial charge in [-0.1, -0.05) is 29.8 Å². The predicted octanol–water partition coefficient (Wildman–Crippen LogP) is 4.55. The Bertz CT molecular complexity index is 1490. The van der Waals surface area contributed by atoms with Crippen molar-refractivity contribution in [1.82, 2.24) is 9.55 Å². The number of methoxy groups -OCH3 is 1. The topological polar surface area (TPSA) is 90.3 Å². The van der Waals surface area contributed by atoms with Gasteiger partial charge >= 0.3 is 0 Å². The third-order valence-electron chi connectivity index (χ3n) is 5.41.